The summed E-state index contributed by atoms with van der Waals surface area (Å²) in [4.78, 5) is 12.3. The SMILES string of the molecule is O=C(N[C@H](Sc1ccc(Cl)cc1)C(Cl)Cl)c1ccccc1. The van der Waals surface area contributed by atoms with Gasteiger partial charge in [0.15, 0.2) is 0 Å². The Morgan fingerprint density at radius 3 is 2.19 bits per heavy atom. The number of carbonyl (C=O) groups is 1. The standard InChI is InChI=1S/C15H12Cl3NOS/c16-11-6-8-12(9-7-11)21-15(13(17)18)19-14(20)10-4-2-1-3-5-10/h1-9,13,15H,(H,19,20)/t15-/m1/s1. The molecule has 0 aliphatic heterocycles. The molecule has 2 nitrogen and oxygen atoms in total. The molecule has 2 aromatic rings. The van der Waals surface area contributed by atoms with Crippen LogP contribution in [0.3, 0.4) is 0 Å². The maximum Gasteiger partial charge on any atom is 0.252 e. The molecule has 21 heavy (non-hydrogen) atoms. The first-order valence-electron chi connectivity index (χ1n) is 6.12. The van der Waals surface area contributed by atoms with Crippen LogP contribution in [0.5, 0.6) is 0 Å². The highest BCUT2D eigenvalue weighted by Gasteiger charge is 2.21. The van der Waals surface area contributed by atoms with Gasteiger partial charge in [-0.3, -0.25) is 4.79 Å². The molecule has 0 unspecified atom stereocenters. The fourth-order valence-electron chi connectivity index (χ4n) is 1.61. The molecule has 0 fully saturated rings. The molecule has 0 saturated carbocycles. The molecule has 0 aliphatic rings. The van der Waals surface area contributed by atoms with Crippen molar-refractivity contribution in [1.82, 2.24) is 5.32 Å². The van der Waals surface area contributed by atoms with Crippen molar-refractivity contribution < 1.29 is 4.79 Å². The average Bonchev–Trinajstić information content (AvgIpc) is 2.49. The number of halogens is 3. The van der Waals surface area contributed by atoms with E-state index in [-0.39, 0.29) is 5.91 Å². The zero-order valence-corrected chi connectivity index (χ0v) is 13.9. The predicted octanol–water partition coefficient (Wildman–Crippen LogP) is 4.99. The lowest BCUT2D eigenvalue weighted by Crippen LogP contribution is -2.36. The van der Waals surface area contributed by atoms with Gasteiger partial charge in [0.25, 0.3) is 5.91 Å². The van der Waals surface area contributed by atoms with Gasteiger partial charge in [0.2, 0.25) is 0 Å². The highest BCUT2D eigenvalue weighted by molar-refractivity contribution is 8.00. The van der Waals surface area contributed by atoms with Gasteiger partial charge in [-0.05, 0) is 36.4 Å². The summed E-state index contributed by atoms with van der Waals surface area (Å²) in [5.41, 5.74) is 0.563. The van der Waals surface area contributed by atoms with E-state index in [1.807, 2.05) is 18.2 Å². The van der Waals surface area contributed by atoms with E-state index < -0.39 is 10.2 Å². The second-order valence-corrected chi connectivity index (χ2v) is 6.98. The molecule has 1 atom stereocenters. The largest absolute Gasteiger partial charge is 0.337 e. The number of rotatable bonds is 5. The van der Waals surface area contributed by atoms with Crippen LogP contribution in [0.4, 0.5) is 0 Å². The van der Waals surface area contributed by atoms with Gasteiger partial charge >= 0.3 is 0 Å². The van der Waals surface area contributed by atoms with E-state index >= 15 is 0 Å². The third kappa shape index (κ3) is 5.11. The molecule has 1 N–H and O–H groups in total. The van der Waals surface area contributed by atoms with Crippen LogP contribution in [0.2, 0.25) is 5.02 Å². The summed E-state index contributed by atoms with van der Waals surface area (Å²) in [6, 6.07) is 16.2. The molecule has 2 rings (SSSR count). The van der Waals surface area contributed by atoms with Gasteiger partial charge < -0.3 is 5.32 Å². The Hall–Kier alpha value is -0.870. The van der Waals surface area contributed by atoms with E-state index in [9.17, 15) is 4.79 Å². The summed E-state index contributed by atoms with van der Waals surface area (Å²) >= 11 is 19.1. The van der Waals surface area contributed by atoms with Gasteiger partial charge in [0, 0.05) is 15.5 Å². The monoisotopic (exact) mass is 359 g/mol. The molecule has 0 aliphatic carbocycles. The van der Waals surface area contributed by atoms with Gasteiger partial charge in [-0.1, -0.05) is 41.6 Å². The molecule has 0 radical (unpaired) electrons. The average molecular weight is 361 g/mol. The van der Waals surface area contributed by atoms with Crippen molar-refractivity contribution in [1.29, 1.82) is 0 Å². The molecule has 0 spiro atoms. The number of benzene rings is 2. The number of nitrogens with one attached hydrogen (secondary N) is 1. The van der Waals surface area contributed by atoms with E-state index in [4.69, 9.17) is 34.8 Å². The Kier molecular flexibility index (Phi) is 6.24. The number of thioether (sulfide) groups is 1. The van der Waals surface area contributed by atoms with Crippen molar-refractivity contribution in [2.24, 2.45) is 0 Å². The summed E-state index contributed by atoms with van der Waals surface area (Å²) in [6.45, 7) is 0. The van der Waals surface area contributed by atoms with Crippen molar-refractivity contribution in [2.45, 2.75) is 15.1 Å². The number of hydrogen-bond donors (Lipinski definition) is 1. The molecule has 0 bridgehead atoms. The topological polar surface area (TPSA) is 29.1 Å². The lowest BCUT2D eigenvalue weighted by atomic mass is 10.2. The van der Waals surface area contributed by atoms with Gasteiger partial charge in [0.1, 0.15) is 10.2 Å². The third-order valence-electron chi connectivity index (χ3n) is 2.61. The second-order valence-electron chi connectivity index (χ2n) is 4.17. The Labute approximate surface area is 142 Å². The molecule has 110 valence electrons. The maximum absolute atomic E-state index is 12.1. The van der Waals surface area contributed by atoms with E-state index in [0.29, 0.717) is 10.6 Å². The molecule has 6 heteroatoms. The van der Waals surface area contributed by atoms with Gasteiger partial charge in [-0.15, -0.1) is 23.2 Å². The Bertz CT molecular complexity index is 590. The van der Waals surface area contributed by atoms with E-state index in [0.717, 1.165) is 4.90 Å². The van der Waals surface area contributed by atoms with Crippen LogP contribution >= 0.6 is 46.6 Å². The minimum Gasteiger partial charge on any atom is -0.337 e. The van der Waals surface area contributed by atoms with Crippen LogP contribution < -0.4 is 5.32 Å². The molecule has 2 aromatic carbocycles. The van der Waals surface area contributed by atoms with Crippen LogP contribution in [-0.4, -0.2) is 16.1 Å². The quantitative estimate of drug-likeness (QED) is 0.462. The second kappa shape index (κ2) is 7.95. The van der Waals surface area contributed by atoms with Crippen molar-refractivity contribution in [3.8, 4) is 0 Å². The zero-order valence-electron chi connectivity index (χ0n) is 10.8. The first kappa shape index (κ1) is 16.5. The zero-order chi connectivity index (χ0) is 15.2. The van der Waals surface area contributed by atoms with Crippen LogP contribution in [0.1, 0.15) is 10.4 Å². The first-order chi connectivity index (χ1) is 10.1. The summed E-state index contributed by atoms with van der Waals surface area (Å²) < 4.78 is 0. The normalized spacial score (nSPS) is 12.2. The molecule has 0 saturated heterocycles. The Balaban J connectivity index is 2.06. The lowest BCUT2D eigenvalue weighted by molar-refractivity contribution is 0.0951. The van der Waals surface area contributed by atoms with Crippen LogP contribution in [0.15, 0.2) is 59.5 Å². The Morgan fingerprint density at radius 1 is 1.00 bits per heavy atom. The molecule has 0 aromatic heterocycles. The van der Waals surface area contributed by atoms with Crippen molar-refractivity contribution in [3.63, 3.8) is 0 Å². The predicted molar refractivity (Wildman–Crippen MR) is 90.5 cm³/mol. The lowest BCUT2D eigenvalue weighted by Gasteiger charge is -2.19. The fraction of sp³-hybridized carbons (Fsp3) is 0.133. The minimum atomic E-state index is -0.738. The first-order valence-corrected chi connectivity index (χ1v) is 8.25. The summed E-state index contributed by atoms with van der Waals surface area (Å²) in [6.07, 6.45) is 0. The van der Waals surface area contributed by atoms with Crippen molar-refractivity contribution in [3.05, 3.63) is 65.2 Å². The minimum absolute atomic E-state index is 0.214. The Morgan fingerprint density at radius 2 is 1.62 bits per heavy atom. The summed E-state index contributed by atoms with van der Waals surface area (Å²) in [5.74, 6) is -0.214. The van der Waals surface area contributed by atoms with Gasteiger partial charge in [-0.25, -0.2) is 0 Å². The fourth-order valence-corrected chi connectivity index (χ4v) is 3.02. The number of carbonyl (C=O) groups excluding carboxylic acids is 1. The van der Waals surface area contributed by atoms with Gasteiger partial charge in [-0.2, -0.15) is 0 Å². The van der Waals surface area contributed by atoms with Crippen LogP contribution in [0, 0.1) is 0 Å². The molecule has 0 heterocycles. The van der Waals surface area contributed by atoms with Crippen LogP contribution in [-0.2, 0) is 0 Å². The number of amides is 1. The van der Waals surface area contributed by atoms with Gasteiger partial charge in [0.05, 0.1) is 0 Å². The molecular weight excluding hydrogens is 349 g/mol. The smallest absolute Gasteiger partial charge is 0.252 e. The highest BCUT2D eigenvalue weighted by Crippen LogP contribution is 2.29. The maximum atomic E-state index is 12.1. The summed E-state index contributed by atoms with van der Waals surface area (Å²) in [7, 11) is 0. The molecular formula is C15H12Cl3NOS. The number of hydrogen-bond acceptors (Lipinski definition) is 2. The highest BCUT2D eigenvalue weighted by atomic mass is 35.5. The van der Waals surface area contributed by atoms with Crippen molar-refractivity contribution >= 4 is 52.5 Å². The van der Waals surface area contributed by atoms with E-state index in [2.05, 4.69) is 5.32 Å². The number of alkyl halides is 2. The third-order valence-corrected chi connectivity index (χ3v) is 4.86. The van der Waals surface area contributed by atoms with E-state index in [1.54, 1.807) is 36.4 Å². The summed E-state index contributed by atoms with van der Waals surface area (Å²) in [5, 5.41) is 3.02. The van der Waals surface area contributed by atoms with Crippen molar-refractivity contribution in [2.75, 3.05) is 0 Å². The molecule has 1 amide bonds. The van der Waals surface area contributed by atoms with E-state index in [1.165, 1.54) is 11.8 Å². The van der Waals surface area contributed by atoms with Crippen LogP contribution in [0.25, 0.3) is 0 Å².